The molecule has 16 heavy (non-hydrogen) atoms. The van der Waals surface area contributed by atoms with Crippen molar-refractivity contribution in [3.63, 3.8) is 0 Å². The second kappa shape index (κ2) is 6.79. The summed E-state index contributed by atoms with van der Waals surface area (Å²) < 4.78 is 21.0. The SMILES string of the molecule is COC1(C(O)O)CCC[Si](OC)(OC)O1.[NaH]. The summed E-state index contributed by atoms with van der Waals surface area (Å²) >= 11 is 0. The fourth-order valence-corrected chi connectivity index (χ4v) is 3.99. The molecular formula is C8H19NaO6Si. The zero-order valence-electron chi connectivity index (χ0n) is 9.23. The molecule has 1 aliphatic rings. The molecule has 0 aromatic heterocycles. The van der Waals surface area contributed by atoms with Gasteiger partial charge in [-0.2, -0.15) is 0 Å². The van der Waals surface area contributed by atoms with Gasteiger partial charge in [-0.05, 0) is 6.42 Å². The molecule has 1 heterocycles. The van der Waals surface area contributed by atoms with E-state index in [1.165, 1.54) is 21.3 Å². The van der Waals surface area contributed by atoms with Crippen molar-refractivity contribution in [3.8, 4) is 0 Å². The maximum atomic E-state index is 9.27. The predicted octanol–water partition coefficient (Wildman–Crippen LogP) is -0.967. The first kappa shape index (κ1) is 17.0. The van der Waals surface area contributed by atoms with Crippen molar-refractivity contribution in [3.05, 3.63) is 0 Å². The Morgan fingerprint density at radius 2 is 1.81 bits per heavy atom. The first-order chi connectivity index (χ1) is 7.04. The third-order valence-electron chi connectivity index (χ3n) is 2.70. The summed E-state index contributed by atoms with van der Waals surface area (Å²) in [6.45, 7) is 0. The van der Waals surface area contributed by atoms with Gasteiger partial charge in [0.15, 0.2) is 0 Å². The van der Waals surface area contributed by atoms with E-state index < -0.39 is 20.9 Å². The quantitative estimate of drug-likeness (QED) is 0.501. The van der Waals surface area contributed by atoms with Gasteiger partial charge >= 0.3 is 38.4 Å². The molecular weight excluding hydrogens is 243 g/mol. The van der Waals surface area contributed by atoms with Crippen molar-refractivity contribution in [1.29, 1.82) is 0 Å². The maximum absolute atomic E-state index is 9.27. The molecule has 1 saturated heterocycles. The van der Waals surface area contributed by atoms with Crippen LogP contribution in [0.2, 0.25) is 6.04 Å². The fourth-order valence-electron chi connectivity index (χ4n) is 1.72. The number of methoxy groups -OCH3 is 1. The standard InChI is InChI=1S/C8H18O6Si.Na.H/c1-11-8(7(9)10)5-4-6-15(12-2,13-3)14-8;;/h7,9-10H,4-6H2,1-3H3;;. The molecule has 6 nitrogen and oxygen atoms in total. The Hall–Kier alpha value is 0.977. The van der Waals surface area contributed by atoms with Crippen molar-refractivity contribution >= 4 is 38.4 Å². The second-order valence-electron chi connectivity index (χ2n) is 3.44. The Bertz CT molecular complexity index is 213. The second-order valence-corrected chi connectivity index (χ2v) is 6.32. The van der Waals surface area contributed by atoms with E-state index in [1.807, 2.05) is 0 Å². The molecule has 0 radical (unpaired) electrons. The zero-order chi connectivity index (χ0) is 11.5. The van der Waals surface area contributed by atoms with Crippen LogP contribution in [0.3, 0.4) is 0 Å². The number of rotatable bonds is 4. The van der Waals surface area contributed by atoms with Crippen molar-refractivity contribution < 1.29 is 28.2 Å². The van der Waals surface area contributed by atoms with Crippen molar-refractivity contribution in [2.75, 3.05) is 21.3 Å². The number of hydrogen-bond donors (Lipinski definition) is 2. The minimum atomic E-state index is -2.79. The van der Waals surface area contributed by atoms with Gasteiger partial charge in [-0.15, -0.1) is 0 Å². The van der Waals surface area contributed by atoms with Gasteiger partial charge < -0.3 is 28.2 Å². The Morgan fingerprint density at radius 3 is 2.19 bits per heavy atom. The first-order valence-corrected chi connectivity index (χ1v) is 6.69. The third-order valence-corrected chi connectivity index (χ3v) is 5.56. The Labute approximate surface area is 118 Å². The van der Waals surface area contributed by atoms with E-state index in [2.05, 4.69) is 0 Å². The van der Waals surface area contributed by atoms with E-state index in [1.54, 1.807) is 0 Å². The molecule has 0 bridgehead atoms. The zero-order valence-corrected chi connectivity index (χ0v) is 10.2. The Morgan fingerprint density at radius 1 is 1.25 bits per heavy atom. The van der Waals surface area contributed by atoms with Crippen LogP contribution in [0.1, 0.15) is 12.8 Å². The van der Waals surface area contributed by atoms with Crippen LogP contribution in [0.4, 0.5) is 0 Å². The summed E-state index contributed by atoms with van der Waals surface area (Å²) in [5.74, 6) is -1.42. The van der Waals surface area contributed by atoms with Gasteiger partial charge in [-0.1, -0.05) is 0 Å². The Balaban J connectivity index is 0.00000225. The molecule has 92 valence electrons. The molecule has 8 heteroatoms. The fraction of sp³-hybridized carbons (Fsp3) is 1.00. The van der Waals surface area contributed by atoms with Crippen LogP contribution < -0.4 is 0 Å². The molecule has 1 unspecified atom stereocenters. The van der Waals surface area contributed by atoms with E-state index in [0.29, 0.717) is 18.9 Å². The summed E-state index contributed by atoms with van der Waals surface area (Å²) in [6, 6.07) is 0.651. The van der Waals surface area contributed by atoms with Crippen LogP contribution in [0, 0.1) is 0 Å². The van der Waals surface area contributed by atoms with Crippen LogP contribution in [-0.4, -0.2) is 82.0 Å². The van der Waals surface area contributed by atoms with E-state index in [0.717, 1.165) is 0 Å². The molecule has 0 spiro atoms. The summed E-state index contributed by atoms with van der Waals surface area (Å²) in [5, 5.41) is 18.5. The minimum absolute atomic E-state index is 0. The van der Waals surface area contributed by atoms with Crippen LogP contribution in [0.5, 0.6) is 0 Å². The van der Waals surface area contributed by atoms with Crippen LogP contribution in [0.25, 0.3) is 0 Å². The molecule has 1 atom stereocenters. The summed E-state index contributed by atoms with van der Waals surface area (Å²) in [7, 11) is 1.56. The van der Waals surface area contributed by atoms with E-state index in [9.17, 15) is 10.2 Å². The molecule has 0 amide bonds. The molecule has 1 fully saturated rings. The summed E-state index contributed by atoms with van der Waals surface area (Å²) in [6.07, 6.45) is -0.595. The topological polar surface area (TPSA) is 77.4 Å². The molecule has 1 rings (SSSR count). The number of ether oxygens (including phenoxy) is 1. The molecule has 0 aromatic rings. The van der Waals surface area contributed by atoms with Gasteiger partial charge in [0.2, 0.25) is 12.1 Å². The van der Waals surface area contributed by atoms with Gasteiger partial charge in [0, 0.05) is 33.8 Å². The summed E-state index contributed by atoms with van der Waals surface area (Å²) in [4.78, 5) is 0. The Kier molecular flexibility index (Phi) is 7.20. The third kappa shape index (κ3) is 3.26. The molecule has 0 aromatic carbocycles. The monoisotopic (exact) mass is 262 g/mol. The van der Waals surface area contributed by atoms with Crippen molar-refractivity contribution in [2.45, 2.75) is 31.0 Å². The van der Waals surface area contributed by atoms with Crippen molar-refractivity contribution in [1.82, 2.24) is 0 Å². The van der Waals surface area contributed by atoms with E-state index >= 15 is 0 Å². The number of aliphatic hydroxyl groups is 2. The molecule has 1 aliphatic heterocycles. The van der Waals surface area contributed by atoms with Crippen LogP contribution in [0.15, 0.2) is 0 Å². The van der Waals surface area contributed by atoms with Gasteiger partial charge in [-0.25, -0.2) is 0 Å². The number of aliphatic hydroxyl groups excluding tert-OH is 1. The van der Waals surface area contributed by atoms with Gasteiger partial charge in [-0.3, -0.25) is 0 Å². The summed E-state index contributed by atoms with van der Waals surface area (Å²) in [5.41, 5.74) is 0. The molecule has 0 aliphatic carbocycles. The average molecular weight is 262 g/mol. The first-order valence-electron chi connectivity index (χ1n) is 4.76. The number of hydrogen-bond acceptors (Lipinski definition) is 6. The van der Waals surface area contributed by atoms with Crippen LogP contribution in [-0.2, 0) is 18.0 Å². The average Bonchev–Trinajstić information content (AvgIpc) is 2.28. The predicted molar refractivity (Wildman–Crippen MR) is 60.0 cm³/mol. The molecule has 2 N–H and O–H groups in total. The van der Waals surface area contributed by atoms with Gasteiger partial charge in [0.1, 0.15) is 0 Å². The normalized spacial score (nSPS) is 28.9. The van der Waals surface area contributed by atoms with E-state index in [-0.39, 0.29) is 29.6 Å². The van der Waals surface area contributed by atoms with E-state index in [4.69, 9.17) is 18.0 Å². The van der Waals surface area contributed by atoms with Gasteiger partial charge in [0.05, 0.1) is 0 Å². The van der Waals surface area contributed by atoms with Crippen LogP contribution >= 0.6 is 0 Å². The van der Waals surface area contributed by atoms with Crippen molar-refractivity contribution in [2.24, 2.45) is 0 Å². The van der Waals surface area contributed by atoms with Gasteiger partial charge in [0.25, 0.3) is 0 Å². The molecule has 0 saturated carbocycles.